The molecule has 0 unspecified atom stereocenters. The number of allylic oxidation sites excluding steroid dienone is 1. The van der Waals surface area contributed by atoms with Gasteiger partial charge in [0.1, 0.15) is 0 Å². The first-order valence-corrected chi connectivity index (χ1v) is 6.78. The molecule has 0 amide bonds. The van der Waals surface area contributed by atoms with Crippen LogP contribution in [0.5, 0.6) is 0 Å². The molecule has 0 atom stereocenters. The highest BCUT2D eigenvalue weighted by molar-refractivity contribution is 6.22. The first-order chi connectivity index (χ1) is 9.35. The minimum absolute atomic E-state index is 0.247. The highest BCUT2D eigenvalue weighted by Gasteiger charge is 2.16. The SMILES string of the molecule is O=CC(=CO)C(=NC1CCCCC1)c1ccccc1. The van der Waals surface area contributed by atoms with Gasteiger partial charge < -0.3 is 5.11 Å². The van der Waals surface area contributed by atoms with E-state index in [0.717, 1.165) is 24.7 Å². The monoisotopic (exact) mass is 257 g/mol. The molecule has 0 bridgehead atoms. The third-order valence-electron chi connectivity index (χ3n) is 3.47. The summed E-state index contributed by atoms with van der Waals surface area (Å²) in [5.74, 6) is 0. The van der Waals surface area contributed by atoms with Gasteiger partial charge in [-0.25, -0.2) is 0 Å². The highest BCUT2D eigenvalue weighted by atomic mass is 16.2. The smallest absolute Gasteiger partial charge is 0.155 e. The molecule has 0 aromatic heterocycles. The number of carbonyl (C=O) groups is 1. The lowest BCUT2D eigenvalue weighted by Gasteiger charge is -2.19. The lowest BCUT2D eigenvalue weighted by atomic mass is 9.95. The molecule has 0 radical (unpaired) electrons. The zero-order valence-electron chi connectivity index (χ0n) is 11.0. The zero-order valence-corrected chi connectivity index (χ0v) is 11.0. The molecule has 1 aromatic carbocycles. The predicted octanol–water partition coefficient (Wildman–Crippen LogP) is 3.45. The van der Waals surface area contributed by atoms with E-state index in [-0.39, 0.29) is 11.6 Å². The van der Waals surface area contributed by atoms with Crippen LogP contribution in [0.3, 0.4) is 0 Å². The summed E-state index contributed by atoms with van der Waals surface area (Å²) >= 11 is 0. The van der Waals surface area contributed by atoms with Crippen molar-refractivity contribution in [3.8, 4) is 0 Å². The Morgan fingerprint density at radius 1 is 1.16 bits per heavy atom. The summed E-state index contributed by atoms with van der Waals surface area (Å²) in [6.07, 6.45) is 7.28. The summed E-state index contributed by atoms with van der Waals surface area (Å²) in [5, 5.41) is 9.21. The summed E-state index contributed by atoms with van der Waals surface area (Å²) < 4.78 is 0. The van der Waals surface area contributed by atoms with Crippen LogP contribution < -0.4 is 0 Å². The molecule has 1 aliphatic rings. The van der Waals surface area contributed by atoms with Gasteiger partial charge in [0.25, 0.3) is 0 Å². The molecular weight excluding hydrogens is 238 g/mol. The number of aliphatic hydroxyl groups excluding tert-OH is 1. The normalized spacial score (nSPS) is 18.3. The van der Waals surface area contributed by atoms with Crippen LogP contribution in [-0.2, 0) is 4.79 Å². The predicted molar refractivity (Wildman–Crippen MR) is 76.6 cm³/mol. The van der Waals surface area contributed by atoms with Crippen LogP contribution in [0.4, 0.5) is 0 Å². The van der Waals surface area contributed by atoms with Crippen LogP contribution in [0, 0.1) is 0 Å². The third-order valence-corrected chi connectivity index (χ3v) is 3.47. The second kappa shape index (κ2) is 6.88. The fourth-order valence-corrected chi connectivity index (χ4v) is 2.45. The minimum atomic E-state index is 0.247. The van der Waals surface area contributed by atoms with Gasteiger partial charge in [-0.2, -0.15) is 0 Å². The van der Waals surface area contributed by atoms with Gasteiger partial charge in [0.05, 0.1) is 23.6 Å². The first kappa shape index (κ1) is 13.5. The van der Waals surface area contributed by atoms with Gasteiger partial charge in [-0.05, 0) is 12.8 Å². The van der Waals surface area contributed by atoms with E-state index in [4.69, 9.17) is 4.99 Å². The topological polar surface area (TPSA) is 49.7 Å². The first-order valence-electron chi connectivity index (χ1n) is 6.78. The lowest BCUT2D eigenvalue weighted by Crippen LogP contribution is -2.15. The van der Waals surface area contributed by atoms with Crippen molar-refractivity contribution in [1.82, 2.24) is 0 Å². The average Bonchev–Trinajstić information content (AvgIpc) is 2.49. The summed E-state index contributed by atoms with van der Waals surface area (Å²) in [6.45, 7) is 0. The van der Waals surface area contributed by atoms with Gasteiger partial charge >= 0.3 is 0 Å². The van der Waals surface area contributed by atoms with Crippen LogP contribution in [0.15, 0.2) is 47.2 Å². The van der Waals surface area contributed by atoms with Gasteiger partial charge in [0.2, 0.25) is 0 Å². The molecule has 1 aromatic rings. The number of carbonyl (C=O) groups excluding carboxylic acids is 1. The van der Waals surface area contributed by atoms with Crippen LogP contribution in [-0.4, -0.2) is 23.1 Å². The van der Waals surface area contributed by atoms with Crippen molar-refractivity contribution in [2.45, 2.75) is 38.1 Å². The van der Waals surface area contributed by atoms with E-state index in [1.54, 1.807) is 0 Å². The van der Waals surface area contributed by atoms with Gasteiger partial charge in [-0.15, -0.1) is 0 Å². The Morgan fingerprint density at radius 3 is 2.42 bits per heavy atom. The Hall–Kier alpha value is -1.90. The third kappa shape index (κ3) is 3.53. The highest BCUT2D eigenvalue weighted by Crippen LogP contribution is 2.22. The summed E-state index contributed by atoms with van der Waals surface area (Å²) in [6, 6.07) is 9.82. The maximum atomic E-state index is 11.1. The van der Waals surface area contributed by atoms with Crippen LogP contribution in [0.2, 0.25) is 0 Å². The van der Waals surface area contributed by atoms with E-state index in [2.05, 4.69) is 0 Å². The van der Waals surface area contributed by atoms with Crippen molar-refractivity contribution in [1.29, 1.82) is 0 Å². The molecule has 3 heteroatoms. The van der Waals surface area contributed by atoms with Crippen molar-refractivity contribution < 1.29 is 9.90 Å². The molecule has 1 fully saturated rings. The van der Waals surface area contributed by atoms with E-state index in [0.29, 0.717) is 12.0 Å². The van der Waals surface area contributed by atoms with Crippen molar-refractivity contribution in [3.05, 3.63) is 47.7 Å². The molecule has 1 aliphatic carbocycles. The van der Waals surface area contributed by atoms with Gasteiger partial charge in [-0.1, -0.05) is 49.6 Å². The minimum Gasteiger partial charge on any atom is -0.515 e. The summed E-state index contributed by atoms with van der Waals surface area (Å²) in [4.78, 5) is 15.8. The molecule has 100 valence electrons. The van der Waals surface area contributed by atoms with Crippen LogP contribution in [0.1, 0.15) is 37.7 Å². The molecule has 19 heavy (non-hydrogen) atoms. The van der Waals surface area contributed by atoms with E-state index in [1.165, 1.54) is 19.3 Å². The second-order valence-electron chi connectivity index (χ2n) is 4.84. The Bertz CT molecular complexity index is 471. The fourth-order valence-electron chi connectivity index (χ4n) is 2.45. The average molecular weight is 257 g/mol. The van der Waals surface area contributed by atoms with E-state index in [9.17, 15) is 9.90 Å². The van der Waals surface area contributed by atoms with Crippen LogP contribution in [0.25, 0.3) is 0 Å². The number of rotatable bonds is 4. The fraction of sp³-hybridized carbons (Fsp3) is 0.375. The summed E-state index contributed by atoms with van der Waals surface area (Å²) in [5.41, 5.74) is 1.72. The van der Waals surface area contributed by atoms with Gasteiger partial charge in [-0.3, -0.25) is 9.79 Å². The van der Waals surface area contributed by atoms with Crippen molar-refractivity contribution >= 4 is 12.0 Å². The molecule has 0 aliphatic heterocycles. The Labute approximate surface area is 113 Å². The Kier molecular flexibility index (Phi) is 4.90. The number of aldehydes is 1. The maximum absolute atomic E-state index is 11.1. The molecule has 3 nitrogen and oxygen atoms in total. The van der Waals surface area contributed by atoms with Crippen molar-refractivity contribution in [3.63, 3.8) is 0 Å². The molecule has 0 heterocycles. The summed E-state index contributed by atoms with van der Waals surface area (Å²) in [7, 11) is 0. The molecule has 1 N–H and O–H groups in total. The van der Waals surface area contributed by atoms with E-state index < -0.39 is 0 Å². The number of aliphatic imine (C=N–C) groups is 1. The van der Waals surface area contributed by atoms with E-state index >= 15 is 0 Å². The molecule has 2 rings (SSSR count). The standard InChI is InChI=1S/C16H19NO2/c18-11-14(12-19)16(13-7-3-1-4-8-13)17-15-9-5-2-6-10-15/h1,3-4,7-8,11-12,15,18H,2,5-6,9-10H2. The number of aliphatic hydroxyl groups is 1. The van der Waals surface area contributed by atoms with Crippen LogP contribution >= 0.6 is 0 Å². The Morgan fingerprint density at radius 2 is 1.84 bits per heavy atom. The molecule has 0 saturated heterocycles. The van der Waals surface area contributed by atoms with E-state index in [1.807, 2.05) is 30.3 Å². The lowest BCUT2D eigenvalue weighted by molar-refractivity contribution is -0.104. The number of hydrogen-bond acceptors (Lipinski definition) is 3. The largest absolute Gasteiger partial charge is 0.515 e. The number of hydrogen-bond donors (Lipinski definition) is 1. The number of benzene rings is 1. The molecular formula is C16H19NO2. The zero-order chi connectivity index (χ0) is 13.5. The number of nitrogens with zero attached hydrogens (tertiary/aromatic N) is 1. The maximum Gasteiger partial charge on any atom is 0.155 e. The van der Waals surface area contributed by atoms with Crippen molar-refractivity contribution in [2.75, 3.05) is 0 Å². The molecule has 1 saturated carbocycles. The van der Waals surface area contributed by atoms with Crippen molar-refractivity contribution in [2.24, 2.45) is 4.99 Å². The molecule has 0 spiro atoms. The van der Waals surface area contributed by atoms with Gasteiger partial charge in [0.15, 0.2) is 6.29 Å². The van der Waals surface area contributed by atoms with Gasteiger partial charge in [0, 0.05) is 5.56 Å². The quantitative estimate of drug-likeness (QED) is 0.389. The Balaban J connectivity index is 2.33. The second-order valence-corrected chi connectivity index (χ2v) is 4.84.